The first-order valence-corrected chi connectivity index (χ1v) is 4.67. The standard InChI is InChI=1S/C11H15N3/c1-9-8-13-7-5-11(9)14(3)10(2)4-6-12/h5,7-8,10H,4H2,1-3H3. The lowest BCUT2D eigenvalue weighted by Crippen LogP contribution is -2.28. The van der Waals surface area contributed by atoms with Crippen LogP contribution in [0.3, 0.4) is 0 Å². The van der Waals surface area contributed by atoms with Crippen molar-refractivity contribution in [3.63, 3.8) is 0 Å². The van der Waals surface area contributed by atoms with E-state index >= 15 is 0 Å². The van der Waals surface area contributed by atoms with Gasteiger partial charge in [0.2, 0.25) is 0 Å². The molecule has 0 aliphatic carbocycles. The van der Waals surface area contributed by atoms with E-state index < -0.39 is 0 Å². The molecule has 0 amide bonds. The first-order chi connectivity index (χ1) is 6.66. The van der Waals surface area contributed by atoms with Gasteiger partial charge in [0.15, 0.2) is 0 Å². The largest absolute Gasteiger partial charge is 0.371 e. The van der Waals surface area contributed by atoms with Gasteiger partial charge < -0.3 is 4.90 Å². The van der Waals surface area contributed by atoms with Crippen molar-refractivity contribution in [1.82, 2.24) is 4.98 Å². The molecular weight excluding hydrogens is 174 g/mol. The molecule has 3 nitrogen and oxygen atoms in total. The summed E-state index contributed by atoms with van der Waals surface area (Å²) in [6, 6.07) is 4.39. The monoisotopic (exact) mass is 189 g/mol. The Morgan fingerprint density at radius 1 is 1.64 bits per heavy atom. The van der Waals surface area contributed by atoms with Gasteiger partial charge in [-0.3, -0.25) is 4.98 Å². The average Bonchev–Trinajstić information content (AvgIpc) is 2.18. The third-order valence-corrected chi connectivity index (χ3v) is 2.42. The summed E-state index contributed by atoms with van der Waals surface area (Å²) < 4.78 is 0. The molecule has 14 heavy (non-hydrogen) atoms. The van der Waals surface area contributed by atoms with E-state index in [4.69, 9.17) is 5.26 Å². The lowest BCUT2D eigenvalue weighted by molar-refractivity contribution is 0.700. The smallest absolute Gasteiger partial charge is 0.0643 e. The van der Waals surface area contributed by atoms with Crippen LogP contribution in [0.4, 0.5) is 5.69 Å². The molecule has 1 unspecified atom stereocenters. The quantitative estimate of drug-likeness (QED) is 0.731. The van der Waals surface area contributed by atoms with Crippen LogP contribution in [0.1, 0.15) is 18.9 Å². The molecule has 1 aromatic heterocycles. The Balaban J connectivity index is 2.84. The minimum absolute atomic E-state index is 0.237. The van der Waals surface area contributed by atoms with Crippen LogP contribution in [0.25, 0.3) is 0 Å². The molecule has 0 fully saturated rings. The summed E-state index contributed by atoms with van der Waals surface area (Å²) >= 11 is 0. The van der Waals surface area contributed by atoms with E-state index in [9.17, 15) is 0 Å². The van der Waals surface area contributed by atoms with Crippen LogP contribution >= 0.6 is 0 Å². The highest BCUT2D eigenvalue weighted by atomic mass is 15.1. The normalized spacial score (nSPS) is 11.9. The summed E-state index contributed by atoms with van der Waals surface area (Å²) in [4.78, 5) is 6.15. The maximum atomic E-state index is 8.61. The molecule has 0 saturated heterocycles. The van der Waals surface area contributed by atoms with Gasteiger partial charge in [0.1, 0.15) is 0 Å². The number of nitrogens with zero attached hydrogens (tertiary/aromatic N) is 3. The Morgan fingerprint density at radius 2 is 2.36 bits per heavy atom. The molecule has 0 radical (unpaired) electrons. The van der Waals surface area contributed by atoms with Gasteiger partial charge in [-0.1, -0.05) is 0 Å². The highest BCUT2D eigenvalue weighted by Gasteiger charge is 2.10. The van der Waals surface area contributed by atoms with Crippen LogP contribution in [0, 0.1) is 18.3 Å². The Kier molecular flexibility index (Phi) is 3.47. The molecule has 1 atom stereocenters. The highest BCUT2D eigenvalue weighted by Crippen LogP contribution is 2.19. The molecule has 74 valence electrons. The maximum absolute atomic E-state index is 8.61. The number of anilines is 1. The topological polar surface area (TPSA) is 39.9 Å². The van der Waals surface area contributed by atoms with Gasteiger partial charge in [-0.05, 0) is 25.5 Å². The van der Waals surface area contributed by atoms with Gasteiger partial charge in [0.25, 0.3) is 0 Å². The number of pyridine rings is 1. The van der Waals surface area contributed by atoms with E-state index in [2.05, 4.69) is 16.0 Å². The molecule has 1 aromatic rings. The molecular formula is C11H15N3. The lowest BCUT2D eigenvalue weighted by Gasteiger charge is -2.26. The van der Waals surface area contributed by atoms with Crippen LogP contribution in [0.2, 0.25) is 0 Å². The number of aromatic nitrogens is 1. The van der Waals surface area contributed by atoms with Crippen molar-refractivity contribution in [3.05, 3.63) is 24.0 Å². The Labute approximate surface area is 85.0 Å². The van der Waals surface area contributed by atoms with Gasteiger partial charge >= 0.3 is 0 Å². The fourth-order valence-corrected chi connectivity index (χ4v) is 1.37. The van der Waals surface area contributed by atoms with Crippen molar-refractivity contribution in [2.24, 2.45) is 0 Å². The molecule has 0 saturated carbocycles. The second-order valence-corrected chi connectivity index (χ2v) is 3.48. The Hall–Kier alpha value is -1.56. The third-order valence-electron chi connectivity index (χ3n) is 2.42. The Morgan fingerprint density at radius 3 is 2.93 bits per heavy atom. The zero-order valence-corrected chi connectivity index (χ0v) is 8.86. The number of nitriles is 1. The second kappa shape index (κ2) is 4.61. The third kappa shape index (κ3) is 2.23. The summed E-state index contributed by atoms with van der Waals surface area (Å²) in [6.45, 7) is 4.07. The summed E-state index contributed by atoms with van der Waals surface area (Å²) in [6.07, 6.45) is 4.15. The summed E-state index contributed by atoms with van der Waals surface area (Å²) in [5, 5.41) is 8.61. The second-order valence-electron chi connectivity index (χ2n) is 3.48. The predicted molar refractivity (Wildman–Crippen MR) is 57.1 cm³/mol. The first kappa shape index (κ1) is 10.5. The Bertz CT molecular complexity index is 341. The van der Waals surface area contributed by atoms with Crippen LogP contribution in [0.5, 0.6) is 0 Å². The van der Waals surface area contributed by atoms with Crippen molar-refractivity contribution < 1.29 is 0 Å². The predicted octanol–water partition coefficient (Wildman–Crippen LogP) is 2.13. The van der Waals surface area contributed by atoms with Crippen molar-refractivity contribution in [3.8, 4) is 6.07 Å². The van der Waals surface area contributed by atoms with E-state index in [0.29, 0.717) is 6.42 Å². The van der Waals surface area contributed by atoms with Crippen molar-refractivity contribution >= 4 is 5.69 Å². The maximum Gasteiger partial charge on any atom is 0.0643 e. The molecule has 0 N–H and O–H groups in total. The minimum atomic E-state index is 0.237. The van der Waals surface area contributed by atoms with Crippen LogP contribution in [-0.4, -0.2) is 18.1 Å². The number of rotatable bonds is 3. The van der Waals surface area contributed by atoms with Gasteiger partial charge in [-0.15, -0.1) is 0 Å². The van der Waals surface area contributed by atoms with E-state index in [-0.39, 0.29) is 6.04 Å². The van der Waals surface area contributed by atoms with E-state index in [0.717, 1.165) is 11.3 Å². The fraction of sp³-hybridized carbons (Fsp3) is 0.455. The van der Waals surface area contributed by atoms with Gasteiger partial charge in [0.05, 0.1) is 12.5 Å². The van der Waals surface area contributed by atoms with Gasteiger partial charge in [-0.2, -0.15) is 5.26 Å². The summed E-state index contributed by atoms with van der Waals surface area (Å²) in [5.74, 6) is 0. The van der Waals surface area contributed by atoms with Crippen LogP contribution in [-0.2, 0) is 0 Å². The number of hydrogen-bond donors (Lipinski definition) is 0. The van der Waals surface area contributed by atoms with E-state index in [1.807, 2.05) is 33.2 Å². The van der Waals surface area contributed by atoms with Gasteiger partial charge in [-0.25, -0.2) is 0 Å². The molecule has 1 heterocycles. The first-order valence-electron chi connectivity index (χ1n) is 4.67. The SMILES string of the molecule is Cc1cnccc1N(C)C(C)CC#N. The summed E-state index contributed by atoms with van der Waals surface area (Å²) in [7, 11) is 2.00. The summed E-state index contributed by atoms with van der Waals surface area (Å²) in [5.41, 5.74) is 2.28. The molecule has 0 bridgehead atoms. The fourth-order valence-electron chi connectivity index (χ4n) is 1.37. The molecule has 3 heteroatoms. The average molecular weight is 189 g/mol. The van der Waals surface area contributed by atoms with Gasteiger partial charge in [0, 0.05) is 31.2 Å². The minimum Gasteiger partial charge on any atom is -0.371 e. The molecule has 0 spiro atoms. The number of hydrogen-bond acceptors (Lipinski definition) is 3. The van der Waals surface area contributed by atoms with E-state index in [1.165, 1.54) is 0 Å². The molecule has 0 aliphatic rings. The van der Waals surface area contributed by atoms with Crippen molar-refractivity contribution in [1.29, 1.82) is 5.26 Å². The van der Waals surface area contributed by atoms with Crippen molar-refractivity contribution in [2.45, 2.75) is 26.3 Å². The van der Waals surface area contributed by atoms with Crippen LogP contribution < -0.4 is 4.90 Å². The molecule has 0 aliphatic heterocycles. The zero-order chi connectivity index (χ0) is 10.6. The van der Waals surface area contributed by atoms with E-state index in [1.54, 1.807) is 6.20 Å². The van der Waals surface area contributed by atoms with Crippen LogP contribution in [0.15, 0.2) is 18.5 Å². The molecule has 1 rings (SSSR count). The zero-order valence-electron chi connectivity index (χ0n) is 8.86. The lowest BCUT2D eigenvalue weighted by atomic mass is 10.1. The van der Waals surface area contributed by atoms with Crippen molar-refractivity contribution in [2.75, 3.05) is 11.9 Å². The number of aryl methyl sites for hydroxylation is 1. The molecule has 0 aromatic carbocycles. The highest BCUT2D eigenvalue weighted by molar-refractivity contribution is 5.51.